The highest BCUT2D eigenvalue weighted by Crippen LogP contribution is 2.36. The van der Waals surface area contributed by atoms with Gasteiger partial charge in [-0.3, -0.25) is 14.4 Å². The number of amides is 3. The first-order valence-electron chi connectivity index (χ1n) is 10.3. The summed E-state index contributed by atoms with van der Waals surface area (Å²) in [5.41, 5.74) is 5.41. The number of nitrogens with zero attached hydrogens (tertiary/aromatic N) is 1. The van der Waals surface area contributed by atoms with E-state index in [0.29, 0.717) is 34.7 Å². The smallest absolute Gasteiger partial charge is 0.329 e. The molecule has 2 rings (SSSR count). The Labute approximate surface area is 201 Å². The van der Waals surface area contributed by atoms with Crippen LogP contribution in [0.2, 0.25) is 0 Å². The molecule has 9 nitrogen and oxygen atoms in total. The van der Waals surface area contributed by atoms with Crippen LogP contribution in [0.15, 0.2) is 39.9 Å². The van der Waals surface area contributed by atoms with E-state index in [9.17, 15) is 14.4 Å². The van der Waals surface area contributed by atoms with E-state index >= 15 is 0 Å². The van der Waals surface area contributed by atoms with Gasteiger partial charge >= 0.3 is 11.8 Å². The zero-order valence-corrected chi connectivity index (χ0v) is 20.5. The third kappa shape index (κ3) is 7.60. The fourth-order valence-corrected chi connectivity index (χ4v) is 3.42. The van der Waals surface area contributed by atoms with Crippen molar-refractivity contribution in [2.24, 2.45) is 5.10 Å². The van der Waals surface area contributed by atoms with Crippen LogP contribution in [0, 0.1) is 13.8 Å². The summed E-state index contributed by atoms with van der Waals surface area (Å²) in [5, 5.41) is 9.04. The molecule has 0 aliphatic carbocycles. The number of aryl methyl sites for hydroxylation is 2. The summed E-state index contributed by atoms with van der Waals surface area (Å²) in [6.45, 7) is 7.86. The van der Waals surface area contributed by atoms with Crippen LogP contribution in [-0.4, -0.2) is 43.7 Å². The number of ether oxygens (including phenoxy) is 2. The fraction of sp³-hybridized carbons (Fsp3) is 0.304. The number of benzene rings is 2. The van der Waals surface area contributed by atoms with Crippen molar-refractivity contribution in [3.63, 3.8) is 0 Å². The molecule has 2 aromatic carbocycles. The number of carbonyl (C=O) groups excluding carboxylic acids is 3. The number of hydrogen-bond acceptors (Lipinski definition) is 6. The third-order valence-electron chi connectivity index (χ3n) is 4.35. The molecule has 0 aliphatic heterocycles. The molecule has 0 aliphatic rings. The number of likely N-dealkylation sites (N-methyl/N-ethyl adjacent to an activating group) is 1. The summed E-state index contributed by atoms with van der Waals surface area (Å²) in [6.07, 6.45) is 1.36. The predicted molar refractivity (Wildman–Crippen MR) is 130 cm³/mol. The number of rotatable bonds is 9. The van der Waals surface area contributed by atoms with Crippen LogP contribution >= 0.6 is 15.9 Å². The van der Waals surface area contributed by atoms with E-state index in [4.69, 9.17) is 9.47 Å². The molecule has 0 atom stereocenters. The molecular formula is C23H27BrN4O5. The van der Waals surface area contributed by atoms with Crippen molar-refractivity contribution in [2.45, 2.75) is 27.7 Å². The Balaban J connectivity index is 2.09. The Hall–Kier alpha value is -3.40. The van der Waals surface area contributed by atoms with Crippen LogP contribution in [0.5, 0.6) is 11.5 Å². The van der Waals surface area contributed by atoms with Gasteiger partial charge in [-0.25, -0.2) is 5.43 Å². The second-order valence-corrected chi connectivity index (χ2v) is 7.78. The lowest BCUT2D eigenvalue weighted by atomic mass is 10.1. The summed E-state index contributed by atoms with van der Waals surface area (Å²) in [6, 6.07) is 9.11. The highest BCUT2D eigenvalue weighted by atomic mass is 79.9. The number of hydrazone groups is 1. The molecule has 0 unspecified atom stereocenters. The molecule has 0 fully saturated rings. The monoisotopic (exact) mass is 518 g/mol. The van der Waals surface area contributed by atoms with Crippen molar-refractivity contribution in [1.82, 2.24) is 10.7 Å². The predicted octanol–water partition coefficient (Wildman–Crippen LogP) is 3.07. The third-order valence-corrected chi connectivity index (χ3v) is 4.94. The van der Waals surface area contributed by atoms with Gasteiger partial charge in [0, 0.05) is 12.2 Å². The molecule has 0 radical (unpaired) electrons. The number of halogens is 1. The van der Waals surface area contributed by atoms with Crippen LogP contribution in [0.25, 0.3) is 0 Å². The topological polar surface area (TPSA) is 118 Å². The van der Waals surface area contributed by atoms with Crippen molar-refractivity contribution >= 4 is 45.6 Å². The Kier molecular flexibility index (Phi) is 9.86. The summed E-state index contributed by atoms with van der Waals surface area (Å²) < 4.78 is 11.9. The van der Waals surface area contributed by atoms with Gasteiger partial charge in [0.15, 0.2) is 18.1 Å². The SMILES string of the molecule is CCNC(=O)C(=O)N/N=C\c1cc(Br)c(OCC(=O)Nc2c(C)cccc2C)c(OCC)c1. The van der Waals surface area contributed by atoms with E-state index in [2.05, 4.69) is 37.1 Å². The van der Waals surface area contributed by atoms with Crippen molar-refractivity contribution in [3.05, 3.63) is 51.5 Å². The highest BCUT2D eigenvalue weighted by molar-refractivity contribution is 9.10. The van der Waals surface area contributed by atoms with Gasteiger partial charge in [-0.2, -0.15) is 5.10 Å². The molecule has 0 saturated heterocycles. The van der Waals surface area contributed by atoms with E-state index in [-0.39, 0.29) is 12.5 Å². The van der Waals surface area contributed by atoms with Crippen molar-refractivity contribution < 1.29 is 23.9 Å². The zero-order chi connectivity index (χ0) is 24.4. The standard InChI is InChI=1S/C23H27BrN4O5/c1-5-25-22(30)23(31)28-26-12-16-10-17(24)21(18(11-16)32-6-2)33-13-19(29)27-20-14(3)8-7-9-15(20)4/h7-12H,5-6,13H2,1-4H3,(H,25,30)(H,27,29)(H,28,31)/b26-12-. The summed E-state index contributed by atoms with van der Waals surface area (Å²) >= 11 is 3.42. The lowest BCUT2D eigenvalue weighted by Gasteiger charge is -2.15. The minimum Gasteiger partial charge on any atom is -0.490 e. The number of hydrogen-bond donors (Lipinski definition) is 3. The van der Waals surface area contributed by atoms with Gasteiger partial charge in [-0.15, -0.1) is 0 Å². The van der Waals surface area contributed by atoms with Gasteiger partial charge < -0.3 is 20.1 Å². The molecule has 0 saturated carbocycles. The summed E-state index contributed by atoms with van der Waals surface area (Å²) in [5.74, 6) is -1.19. The number of para-hydroxylation sites is 1. The Morgan fingerprint density at radius 2 is 1.76 bits per heavy atom. The molecule has 3 N–H and O–H groups in total. The van der Waals surface area contributed by atoms with Crippen molar-refractivity contribution in [3.8, 4) is 11.5 Å². The summed E-state index contributed by atoms with van der Waals surface area (Å²) in [7, 11) is 0. The van der Waals surface area contributed by atoms with Crippen molar-refractivity contribution in [2.75, 3.05) is 25.1 Å². The van der Waals surface area contributed by atoms with E-state index < -0.39 is 11.8 Å². The van der Waals surface area contributed by atoms with E-state index in [0.717, 1.165) is 16.8 Å². The Morgan fingerprint density at radius 3 is 2.39 bits per heavy atom. The molecule has 176 valence electrons. The van der Waals surface area contributed by atoms with Crippen LogP contribution in [0.3, 0.4) is 0 Å². The maximum Gasteiger partial charge on any atom is 0.329 e. The van der Waals surface area contributed by atoms with E-state index in [1.165, 1.54) is 6.21 Å². The van der Waals surface area contributed by atoms with Gasteiger partial charge in [0.2, 0.25) is 0 Å². The van der Waals surface area contributed by atoms with E-state index in [1.54, 1.807) is 19.1 Å². The average molecular weight is 519 g/mol. The molecule has 0 heterocycles. The van der Waals surface area contributed by atoms with Gasteiger partial charge in [-0.1, -0.05) is 18.2 Å². The molecule has 0 spiro atoms. The zero-order valence-electron chi connectivity index (χ0n) is 19.0. The molecule has 0 aromatic heterocycles. The maximum absolute atomic E-state index is 12.5. The molecule has 0 bridgehead atoms. The van der Waals surface area contributed by atoms with Gasteiger partial charge in [0.1, 0.15) is 0 Å². The van der Waals surface area contributed by atoms with Crippen LogP contribution in [0.1, 0.15) is 30.5 Å². The minimum atomic E-state index is -0.868. The largest absolute Gasteiger partial charge is 0.490 e. The average Bonchev–Trinajstić information content (AvgIpc) is 2.76. The maximum atomic E-state index is 12.5. The molecule has 10 heteroatoms. The lowest BCUT2D eigenvalue weighted by molar-refractivity contribution is -0.139. The van der Waals surface area contributed by atoms with Gasteiger partial charge in [0.25, 0.3) is 5.91 Å². The Morgan fingerprint density at radius 1 is 1.06 bits per heavy atom. The molecule has 2 aromatic rings. The van der Waals surface area contributed by atoms with Crippen molar-refractivity contribution in [1.29, 1.82) is 0 Å². The minimum absolute atomic E-state index is 0.220. The number of anilines is 1. The van der Waals surface area contributed by atoms with Crippen LogP contribution < -0.4 is 25.5 Å². The Bertz CT molecular complexity index is 1040. The molecule has 3 amide bonds. The molecular weight excluding hydrogens is 492 g/mol. The number of carbonyl (C=O) groups is 3. The normalized spacial score (nSPS) is 10.6. The lowest BCUT2D eigenvalue weighted by Crippen LogP contribution is -2.37. The summed E-state index contributed by atoms with van der Waals surface area (Å²) in [4.78, 5) is 35.5. The molecule has 33 heavy (non-hydrogen) atoms. The highest BCUT2D eigenvalue weighted by Gasteiger charge is 2.15. The number of nitrogens with one attached hydrogen (secondary N) is 3. The first-order valence-corrected chi connectivity index (χ1v) is 11.1. The van der Waals surface area contributed by atoms with Gasteiger partial charge in [-0.05, 0) is 72.4 Å². The first kappa shape index (κ1) is 25.9. The van der Waals surface area contributed by atoms with Crippen LogP contribution in [-0.2, 0) is 14.4 Å². The second kappa shape index (κ2) is 12.6. The fourth-order valence-electron chi connectivity index (χ4n) is 2.85. The van der Waals surface area contributed by atoms with E-state index in [1.807, 2.05) is 39.0 Å². The van der Waals surface area contributed by atoms with Gasteiger partial charge in [0.05, 0.1) is 17.3 Å². The quantitative estimate of drug-likeness (QED) is 0.268. The van der Waals surface area contributed by atoms with Crippen LogP contribution in [0.4, 0.5) is 5.69 Å². The first-order chi connectivity index (χ1) is 15.8. The second-order valence-electron chi connectivity index (χ2n) is 6.93.